The van der Waals surface area contributed by atoms with Gasteiger partial charge in [-0.05, 0) is 55.7 Å². The second kappa shape index (κ2) is 12.5. The van der Waals surface area contributed by atoms with Crippen LogP contribution in [0.1, 0.15) is 84.0 Å². The molecule has 0 radical (unpaired) electrons. The highest BCUT2D eigenvalue weighted by atomic mass is 16.5. The predicted octanol–water partition coefficient (Wildman–Crippen LogP) is 7.69. The van der Waals surface area contributed by atoms with E-state index in [4.69, 9.17) is 9.47 Å². The van der Waals surface area contributed by atoms with Crippen molar-refractivity contribution in [1.29, 1.82) is 5.26 Å². The zero-order valence-electron chi connectivity index (χ0n) is 22.9. The monoisotopic (exact) mass is 524 g/mol. The standard InChI is InChI=1S/C29H26N2O4.C4H10/c1-17-3-5-19(6-4-17)24-14-26(24)31-29(33)20-7-9-22(10-8-20)35-27-15-28-25(13-21(27)16-30)23(18(2)32)11-12-34-28;1-3-4-2/h3-10,13,15,23-24,26,32H,2,11-12,14H2,1H3,(H,31,33);3-4H2,1-2H3. The van der Waals surface area contributed by atoms with Gasteiger partial charge in [0.15, 0.2) is 0 Å². The molecule has 2 aliphatic rings. The van der Waals surface area contributed by atoms with E-state index in [1.165, 1.54) is 24.0 Å². The number of aliphatic hydroxyl groups excluding tert-OH is 1. The van der Waals surface area contributed by atoms with Crippen molar-refractivity contribution in [2.24, 2.45) is 0 Å². The summed E-state index contributed by atoms with van der Waals surface area (Å²) in [5, 5.41) is 22.6. The number of nitriles is 1. The third kappa shape index (κ3) is 6.80. The Morgan fingerprint density at radius 1 is 1.13 bits per heavy atom. The molecule has 3 unspecified atom stereocenters. The number of rotatable bonds is 7. The van der Waals surface area contributed by atoms with Gasteiger partial charge >= 0.3 is 0 Å². The largest absolute Gasteiger partial charge is 0.512 e. The van der Waals surface area contributed by atoms with Crippen molar-refractivity contribution in [3.8, 4) is 23.3 Å². The summed E-state index contributed by atoms with van der Waals surface area (Å²) in [7, 11) is 0. The van der Waals surface area contributed by atoms with Gasteiger partial charge in [0, 0.05) is 35.1 Å². The molecule has 6 heteroatoms. The molecule has 0 bridgehead atoms. The number of hydrogen-bond donors (Lipinski definition) is 2. The molecule has 1 saturated carbocycles. The Morgan fingerprint density at radius 2 is 1.82 bits per heavy atom. The number of aliphatic hydroxyl groups is 1. The van der Waals surface area contributed by atoms with E-state index in [0.717, 1.165) is 12.0 Å². The molecule has 5 rings (SSSR count). The van der Waals surface area contributed by atoms with E-state index in [2.05, 4.69) is 63.0 Å². The summed E-state index contributed by atoms with van der Waals surface area (Å²) in [4.78, 5) is 12.7. The smallest absolute Gasteiger partial charge is 0.251 e. The predicted molar refractivity (Wildman–Crippen MR) is 153 cm³/mol. The number of nitrogens with zero attached hydrogens (tertiary/aromatic N) is 1. The first-order valence-corrected chi connectivity index (χ1v) is 13.6. The van der Waals surface area contributed by atoms with Crippen molar-refractivity contribution < 1.29 is 19.4 Å². The van der Waals surface area contributed by atoms with Crippen LogP contribution in [0.15, 0.2) is 73.0 Å². The fourth-order valence-electron chi connectivity index (χ4n) is 4.52. The van der Waals surface area contributed by atoms with Gasteiger partial charge in [-0.25, -0.2) is 0 Å². The van der Waals surface area contributed by atoms with E-state index in [-0.39, 0.29) is 23.6 Å². The van der Waals surface area contributed by atoms with Crippen LogP contribution in [0.5, 0.6) is 17.2 Å². The van der Waals surface area contributed by atoms with Crippen LogP contribution in [0.3, 0.4) is 0 Å². The Labute approximate surface area is 230 Å². The summed E-state index contributed by atoms with van der Waals surface area (Å²) in [6, 6.07) is 20.9. The molecule has 0 aromatic heterocycles. The normalized spacial score (nSPS) is 18.8. The van der Waals surface area contributed by atoms with Gasteiger partial charge in [-0.3, -0.25) is 4.79 Å². The van der Waals surface area contributed by atoms with Gasteiger partial charge in [0.1, 0.15) is 23.3 Å². The lowest BCUT2D eigenvalue weighted by Crippen LogP contribution is -2.26. The first-order chi connectivity index (χ1) is 18.8. The van der Waals surface area contributed by atoms with E-state index < -0.39 is 0 Å². The number of allylic oxidation sites excluding steroid dienone is 1. The van der Waals surface area contributed by atoms with Crippen molar-refractivity contribution in [2.45, 2.75) is 64.3 Å². The van der Waals surface area contributed by atoms with Crippen molar-refractivity contribution in [2.75, 3.05) is 6.61 Å². The Morgan fingerprint density at radius 3 is 2.44 bits per heavy atom. The van der Waals surface area contributed by atoms with Gasteiger partial charge in [-0.2, -0.15) is 5.26 Å². The van der Waals surface area contributed by atoms with Crippen LogP contribution < -0.4 is 14.8 Å². The topological polar surface area (TPSA) is 91.6 Å². The maximum absolute atomic E-state index is 12.7. The SMILES string of the molecule is C=C(O)C1CCOc2cc(Oc3ccc(C(=O)NC4CC4c4ccc(C)cc4)cc3)c(C#N)cc21.CCCC. The maximum Gasteiger partial charge on any atom is 0.251 e. The third-order valence-electron chi connectivity index (χ3n) is 7.13. The van der Waals surface area contributed by atoms with Crippen LogP contribution in [0.4, 0.5) is 0 Å². The number of aryl methyl sites for hydroxylation is 1. The third-order valence-corrected chi connectivity index (χ3v) is 7.13. The highest BCUT2D eigenvalue weighted by molar-refractivity contribution is 5.94. The minimum atomic E-state index is -0.269. The summed E-state index contributed by atoms with van der Waals surface area (Å²) >= 11 is 0. The molecule has 1 fully saturated rings. The van der Waals surface area contributed by atoms with Crippen LogP contribution >= 0.6 is 0 Å². The molecule has 0 spiro atoms. The fraction of sp³-hybridized carbons (Fsp3) is 0.333. The van der Waals surface area contributed by atoms with Crippen LogP contribution in [0, 0.1) is 18.3 Å². The Hall–Kier alpha value is -4.24. The number of ether oxygens (including phenoxy) is 2. The zero-order chi connectivity index (χ0) is 27.9. The molecule has 3 aromatic rings. The van der Waals surface area contributed by atoms with Gasteiger partial charge < -0.3 is 19.9 Å². The minimum absolute atomic E-state index is 0.0531. The van der Waals surface area contributed by atoms with E-state index in [1.807, 2.05) is 0 Å². The molecule has 0 saturated heterocycles. The molecular formula is C33H36N2O4. The van der Waals surface area contributed by atoms with Gasteiger partial charge in [0.25, 0.3) is 5.91 Å². The quantitative estimate of drug-likeness (QED) is 0.309. The minimum Gasteiger partial charge on any atom is -0.512 e. The first-order valence-electron chi connectivity index (χ1n) is 13.6. The van der Waals surface area contributed by atoms with Crippen molar-refractivity contribution in [3.05, 3.63) is 101 Å². The molecular weight excluding hydrogens is 488 g/mol. The summed E-state index contributed by atoms with van der Waals surface area (Å²) in [5.74, 6) is 1.44. The van der Waals surface area contributed by atoms with Crippen LogP contribution in [0.25, 0.3) is 0 Å². The number of fused-ring (bicyclic) bond motifs is 1. The summed E-state index contributed by atoms with van der Waals surface area (Å²) < 4.78 is 11.7. The second-order valence-corrected chi connectivity index (χ2v) is 10.1. The first kappa shape index (κ1) is 27.8. The van der Waals surface area contributed by atoms with Gasteiger partial charge in [0.05, 0.1) is 17.9 Å². The lowest BCUT2D eigenvalue weighted by Gasteiger charge is -2.26. The van der Waals surface area contributed by atoms with Gasteiger partial charge in [0.2, 0.25) is 0 Å². The number of unbranched alkanes of at least 4 members (excludes halogenated alkanes) is 1. The molecule has 202 valence electrons. The lowest BCUT2D eigenvalue weighted by atomic mass is 9.90. The molecule has 2 N–H and O–H groups in total. The second-order valence-electron chi connectivity index (χ2n) is 10.1. The Kier molecular flexibility index (Phi) is 8.93. The zero-order valence-corrected chi connectivity index (χ0v) is 22.9. The number of amides is 1. The maximum atomic E-state index is 12.7. The van der Waals surface area contributed by atoms with Crippen LogP contribution in [-0.2, 0) is 0 Å². The van der Waals surface area contributed by atoms with E-state index in [0.29, 0.717) is 47.3 Å². The number of nitrogens with one attached hydrogen (secondary N) is 1. The highest BCUT2D eigenvalue weighted by Gasteiger charge is 2.39. The van der Waals surface area contributed by atoms with Gasteiger partial charge in [-0.1, -0.05) is 63.1 Å². The number of carbonyl (C=O) groups excluding carboxylic acids is 1. The van der Waals surface area contributed by atoms with E-state index in [1.54, 1.807) is 36.4 Å². The Bertz CT molecular complexity index is 1350. The molecule has 1 amide bonds. The number of benzene rings is 3. The Balaban J connectivity index is 0.000000826. The highest BCUT2D eigenvalue weighted by Crippen LogP contribution is 2.42. The van der Waals surface area contributed by atoms with Crippen molar-refractivity contribution in [1.82, 2.24) is 5.32 Å². The van der Waals surface area contributed by atoms with Crippen LogP contribution in [-0.4, -0.2) is 23.7 Å². The summed E-state index contributed by atoms with van der Waals surface area (Å²) in [5.41, 5.74) is 4.08. The average molecular weight is 525 g/mol. The lowest BCUT2D eigenvalue weighted by molar-refractivity contribution is 0.0950. The van der Waals surface area contributed by atoms with Crippen molar-refractivity contribution in [3.63, 3.8) is 0 Å². The molecule has 39 heavy (non-hydrogen) atoms. The van der Waals surface area contributed by atoms with E-state index in [9.17, 15) is 15.2 Å². The van der Waals surface area contributed by atoms with Gasteiger partial charge in [-0.15, -0.1) is 0 Å². The molecule has 1 heterocycles. The molecule has 3 atom stereocenters. The number of carbonyl (C=O) groups is 1. The molecule has 1 aliphatic heterocycles. The fourth-order valence-corrected chi connectivity index (χ4v) is 4.52. The average Bonchev–Trinajstić information content (AvgIpc) is 3.71. The van der Waals surface area contributed by atoms with E-state index >= 15 is 0 Å². The molecule has 1 aliphatic carbocycles. The van der Waals surface area contributed by atoms with Crippen molar-refractivity contribution >= 4 is 5.91 Å². The number of hydrogen-bond acceptors (Lipinski definition) is 5. The molecule has 3 aromatic carbocycles. The molecule has 6 nitrogen and oxygen atoms in total. The summed E-state index contributed by atoms with van der Waals surface area (Å²) in [6.45, 7) is 10.5. The summed E-state index contributed by atoms with van der Waals surface area (Å²) in [6.07, 6.45) is 4.18. The van der Waals surface area contributed by atoms with Crippen LogP contribution in [0.2, 0.25) is 0 Å².